The van der Waals surface area contributed by atoms with Crippen LogP contribution >= 0.6 is 0 Å². The van der Waals surface area contributed by atoms with Crippen molar-refractivity contribution in [3.8, 4) is 18.1 Å². The largest absolute Gasteiger partial charge is 0.496 e. The number of terminal acetylenes is 1. The third-order valence-electron chi connectivity index (χ3n) is 8.83. The topological polar surface area (TPSA) is 116 Å². The number of para-hydroxylation sites is 1. The molecule has 0 saturated carbocycles. The number of ether oxygens (including phenoxy) is 3. The van der Waals surface area contributed by atoms with Gasteiger partial charge < -0.3 is 24.4 Å². The molecule has 3 heterocycles. The number of anilines is 1. The van der Waals surface area contributed by atoms with Crippen molar-refractivity contribution in [2.45, 2.75) is 69.1 Å². The maximum atomic E-state index is 17.2. The highest BCUT2D eigenvalue weighted by Crippen LogP contribution is 2.47. The second-order valence-electron chi connectivity index (χ2n) is 13.5. The molecule has 0 aliphatic carbocycles. The summed E-state index contributed by atoms with van der Waals surface area (Å²) in [5.41, 5.74) is 4.01. The van der Waals surface area contributed by atoms with E-state index in [2.05, 4.69) is 10.9 Å². The van der Waals surface area contributed by atoms with Crippen LogP contribution in [-0.2, 0) is 19.4 Å². The number of hydrogen-bond donors (Lipinski definition) is 1. The summed E-state index contributed by atoms with van der Waals surface area (Å²) < 4.78 is 44.3. The van der Waals surface area contributed by atoms with E-state index in [0.717, 1.165) is 11.1 Å². The SMILES string of the molecule is C#C[C@@]1(F)[C@H](O[SiH](C)C)[C@@H](COC(C)(C)C)O[C@H]1n1cnc2c(=O)n(C(c3ccccc3)(c3ccccc3)c3ccccc3OC)c(N)nc21. The Morgan fingerprint density at radius 1 is 1.02 bits per heavy atom. The van der Waals surface area contributed by atoms with Gasteiger partial charge in [-0.1, -0.05) is 84.8 Å². The van der Waals surface area contributed by atoms with Crippen molar-refractivity contribution in [1.29, 1.82) is 0 Å². The van der Waals surface area contributed by atoms with E-state index in [1.54, 1.807) is 7.11 Å². The molecular formula is C38H42FN5O5Si. The number of halogens is 1. The Morgan fingerprint density at radius 2 is 1.62 bits per heavy atom. The lowest BCUT2D eigenvalue weighted by Crippen LogP contribution is -2.47. The molecule has 0 radical (unpaired) electrons. The monoisotopic (exact) mass is 695 g/mol. The molecule has 4 atom stereocenters. The quantitative estimate of drug-likeness (QED) is 0.117. The second-order valence-corrected chi connectivity index (χ2v) is 15.9. The fourth-order valence-corrected chi connectivity index (χ4v) is 7.71. The first-order valence-corrected chi connectivity index (χ1v) is 19.3. The first-order valence-electron chi connectivity index (χ1n) is 16.5. The number of nitrogens with zero attached hydrogens (tertiary/aromatic N) is 4. The van der Waals surface area contributed by atoms with Crippen molar-refractivity contribution in [2.24, 2.45) is 0 Å². The number of hydrogen-bond acceptors (Lipinski definition) is 8. The minimum Gasteiger partial charge on any atom is -0.496 e. The van der Waals surface area contributed by atoms with Crippen molar-refractivity contribution < 1.29 is 23.0 Å². The molecule has 10 nitrogen and oxygen atoms in total. The highest BCUT2D eigenvalue weighted by Gasteiger charge is 2.59. The van der Waals surface area contributed by atoms with Gasteiger partial charge in [-0.15, -0.1) is 6.42 Å². The molecule has 2 aromatic heterocycles. The van der Waals surface area contributed by atoms with Gasteiger partial charge in [0.05, 0.1) is 25.6 Å². The van der Waals surface area contributed by atoms with Gasteiger partial charge in [0.15, 0.2) is 26.4 Å². The van der Waals surface area contributed by atoms with Crippen LogP contribution < -0.4 is 16.0 Å². The lowest BCUT2D eigenvalue weighted by atomic mass is 9.76. The van der Waals surface area contributed by atoms with Crippen LogP contribution in [0, 0.1) is 12.3 Å². The first kappa shape index (κ1) is 35.0. The minimum absolute atomic E-state index is 0.0130. The maximum absolute atomic E-state index is 17.2. The summed E-state index contributed by atoms with van der Waals surface area (Å²) in [5.74, 6) is 2.69. The van der Waals surface area contributed by atoms with E-state index < -0.39 is 49.8 Å². The fourth-order valence-electron chi connectivity index (χ4n) is 6.75. The highest BCUT2D eigenvalue weighted by molar-refractivity contribution is 6.48. The summed E-state index contributed by atoms with van der Waals surface area (Å²) in [4.78, 5) is 24.2. The average Bonchev–Trinajstić information content (AvgIpc) is 3.64. The number of methoxy groups -OCH3 is 1. The minimum atomic E-state index is -2.45. The van der Waals surface area contributed by atoms with Gasteiger partial charge in [0, 0.05) is 5.56 Å². The van der Waals surface area contributed by atoms with E-state index in [1.165, 1.54) is 15.5 Å². The number of alkyl halides is 1. The molecule has 0 bridgehead atoms. The third kappa shape index (κ3) is 5.90. The predicted molar refractivity (Wildman–Crippen MR) is 193 cm³/mol. The molecule has 1 saturated heterocycles. The van der Waals surface area contributed by atoms with Crippen molar-refractivity contribution in [3.63, 3.8) is 0 Å². The van der Waals surface area contributed by atoms with E-state index in [9.17, 15) is 4.79 Å². The molecule has 0 amide bonds. The van der Waals surface area contributed by atoms with Crippen LogP contribution in [0.4, 0.5) is 10.3 Å². The number of aromatic nitrogens is 4. The molecule has 2 N–H and O–H groups in total. The standard InChI is InChI=1S/C38H42FN5O5Si/c1-8-37(39)31(49-50(6)7)29(23-47-36(2,3)4)48-34(37)43-24-41-30-32(43)42-35(40)44(33(30)45)38(25-17-11-9-12-18-25,26-19-13-10-14-20-26)27-21-15-16-22-28(27)46-5/h1,9-22,24,29,31,34,50H,23H2,2-7H3,(H2,40,42)/t29-,31-,34-,37-/m1/s1. The number of imidazole rings is 1. The molecule has 1 aliphatic heterocycles. The van der Waals surface area contributed by atoms with Gasteiger partial charge in [-0.25, -0.2) is 9.37 Å². The number of nitrogens with two attached hydrogens (primary N) is 1. The van der Waals surface area contributed by atoms with E-state index in [-0.39, 0.29) is 23.7 Å². The Bertz CT molecular complexity index is 2040. The Hall–Kier alpha value is -4.80. The summed E-state index contributed by atoms with van der Waals surface area (Å²) in [6, 6.07) is 26.5. The van der Waals surface area contributed by atoms with Crippen molar-refractivity contribution >= 4 is 26.2 Å². The molecule has 50 heavy (non-hydrogen) atoms. The van der Waals surface area contributed by atoms with Crippen LogP contribution in [0.3, 0.4) is 0 Å². The molecule has 5 aromatic rings. The molecule has 0 unspecified atom stereocenters. The molecule has 6 rings (SSSR count). The zero-order chi connectivity index (χ0) is 35.8. The Morgan fingerprint density at radius 3 is 2.18 bits per heavy atom. The zero-order valence-electron chi connectivity index (χ0n) is 29.0. The smallest absolute Gasteiger partial charge is 0.284 e. The van der Waals surface area contributed by atoms with Gasteiger partial charge >= 0.3 is 0 Å². The van der Waals surface area contributed by atoms with Gasteiger partial charge in [0.2, 0.25) is 11.6 Å². The van der Waals surface area contributed by atoms with Crippen LogP contribution in [0.25, 0.3) is 11.2 Å². The average molecular weight is 696 g/mol. The van der Waals surface area contributed by atoms with Gasteiger partial charge in [-0.3, -0.25) is 13.9 Å². The summed E-state index contributed by atoms with van der Waals surface area (Å²) in [7, 11) is -0.242. The van der Waals surface area contributed by atoms with Gasteiger partial charge in [0.1, 0.15) is 23.5 Å². The highest BCUT2D eigenvalue weighted by atomic mass is 28.3. The van der Waals surface area contributed by atoms with Crippen molar-refractivity contribution in [1.82, 2.24) is 19.1 Å². The Balaban J connectivity index is 1.61. The van der Waals surface area contributed by atoms with Crippen molar-refractivity contribution in [2.75, 3.05) is 19.5 Å². The molecule has 12 heteroatoms. The van der Waals surface area contributed by atoms with Crippen LogP contribution in [0.1, 0.15) is 43.7 Å². The van der Waals surface area contributed by atoms with Crippen LogP contribution in [-0.4, -0.2) is 65.3 Å². The van der Waals surface area contributed by atoms with Crippen molar-refractivity contribution in [3.05, 3.63) is 118 Å². The van der Waals surface area contributed by atoms with Gasteiger partial charge in [-0.2, -0.15) is 4.98 Å². The van der Waals surface area contributed by atoms with Crippen LogP contribution in [0.15, 0.2) is 96.1 Å². The molecule has 3 aromatic carbocycles. The maximum Gasteiger partial charge on any atom is 0.284 e. The molecule has 260 valence electrons. The van der Waals surface area contributed by atoms with E-state index in [1.807, 2.05) is 119 Å². The van der Waals surface area contributed by atoms with Gasteiger partial charge in [0.25, 0.3) is 5.56 Å². The lowest BCUT2D eigenvalue weighted by molar-refractivity contribution is -0.0974. The third-order valence-corrected chi connectivity index (χ3v) is 9.66. The number of rotatable bonds is 10. The van der Waals surface area contributed by atoms with Crippen LogP contribution in [0.2, 0.25) is 13.1 Å². The van der Waals surface area contributed by atoms with E-state index in [4.69, 9.17) is 35.8 Å². The molecular weight excluding hydrogens is 654 g/mol. The number of fused-ring (bicyclic) bond motifs is 1. The number of benzene rings is 3. The molecule has 1 fully saturated rings. The Kier molecular flexibility index (Phi) is 9.45. The first-order chi connectivity index (χ1) is 23.9. The summed E-state index contributed by atoms with van der Waals surface area (Å²) >= 11 is 0. The number of nitrogen functional groups attached to an aromatic ring is 1. The predicted octanol–water partition coefficient (Wildman–Crippen LogP) is 5.45. The van der Waals surface area contributed by atoms with E-state index in [0.29, 0.717) is 11.3 Å². The zero-order valence-corrected chi connectivity index (χ0v) is 30.2. The lowest BCUT2D eigenvalue weighted by Gasteiger charge is -2.38. The second kappa shape index (κ2) is 13.5. The fraction of sp³-hybridized carbons (Fsp3) is 0.342. The molecule has 0 spiro atoms. The Labute approximate surface area is 292 Å². The normalized spacial score (nSPS) is 21.1. The van der Waals surface area contributed by atoms with E-state index >= 15 is 4.39 Å². The molecule has 1 aliphatic rings. The summed E-state index contributed by atoms with van der Waals surface area (Å²) in [6.45, 7) is 9.57. The summed E-state index contributed by atoms with van der Waals surface area (Å²) in [5, 5.41) is 0. The summed E-state index contributed by atoms with van der Waals surface area (Å²) in [6.07, 6.45) is 3.81. The van der Waals surface area contributed by atoms with Crippen LogP contribution in [0.5, 0.6) is 5.75 Å². The van der Waals surface area contributed by atoms with Gasteiger partial charge in [-0.05, 0) is 51.1 Å².